The second kappa shape index (κ2) is 10.9. The van der Waals surface area contributed by atoms with Gasteiger partial charge in [-0.15, -0.1) is 0 Å². The lowest BCUT2D eigenvalue weighted by Gasteiger charge is -2.36. The Bertz CT molecular complexity index is 1240. The van der Waals surface area contributed by atoms with Gasteiger partial charge in [0, 0.05) is 12.5 Å². The summed E-state index contributed by atoms with van der Waals surface area (Å²) in [6, 6.07) is 8.23. The number of carbonyl (C=O) groups is 2. The van der Waals surface area contributed by atoms with Crippen LogP contribution in [0.15, 0.2) is 41.3 Å². The van der Waals surface area contributed by atoms with Crippen molar-refractivity contribution in [2.75, 3.05) is 17.5 Å². The molecule has 0 aliphatic carbocycles. The van der Waals surface area contributed by atoms with Crippen LogP contribution in [-0.4, -0.2) is 45.0 Å². The van der Waals surface area contributed by atoms with E-state index in [1.165, 1.54) is 17.3 Å². The van der Waals surface area contributed by atoms with Gasteiger partial charge in [0.1, 0.15) is 23.2 Å². The largest absolute Gasteiger partial charge is 0.491 e. The van der Waals surface area contributed by atoms with Crippen LogP contribution >= 0.6 is 0 Å². The third kappa shape index (κ3) is 6.75. The molecule has 0 saturated carbocycles. The van der Waals surface area contributed by atoms with Gasteiger partial charge in [-0.2, -0.15) is 0 Å². The lowest BCUT2D eigenvalue weighted by Crippen LogP contribution is -2.43. The third-order valence-corrected chi connectivity index (χ3v) is 7.11. The van der Waals surface area contributed by atoms with Crippen molar-refractivity contribution in [2.24, 2.45) is 0 Å². The molecule has 2 aromatic carbocycles. The number of anilines is 1. The maximum absolute atomic E-state index is 14.1. The average Bonchev–Trinajstić information content (AvgIpc) is 2.77. The van der Waals surface area contributed by atoms with Crippen molar-refractivity contribution in [3.63, 3.8) is 0 Å². The first-order chi connectivity index (χ1) is 16.8. The van der Waals surface area contributed by atoms with Crippen molar-refractivity contribution in [3.05, 3.63) is 47.8 Å². The molecule has 1 aliphatic heterocycles. The van der Waals surface area contributed by atoms with Gasteiger partial charge in [0.05, 0.1) is 30.2 Å². The summed E-state index contributed by atoms with van der Waals surface area (Å²) in [6.07, 6.45) is -0.0688. The van der Waals surface area contributed by atoms with Crippen molar-refractivity contribution >= 4 is 27.5 Å². The molecule has 36 heavy (non-hydrogen) atoms. The van der Waals surface area contributed by atoms with Crippen molar-refractivity contribution in [1.82, 2.24) is 0 Å². The Kier molecular flexibility index (Phi) is 8.28. The SMILES string of the molecule is CCOc1cc(S(=O)(=O)N2C[C@H](CCC(C)=O)Oc3ccc(CC(=O)OC(C)(C)C)cc32)ccc1F. The van der Waals surface area contributed by atoms with Gasteiger partial charge in [-0.25, -0.2) is 12.8 Å². The Morgan fingerprint density at radius 3 is 2.53 bits per heavy atom. The van der Waals surface area contributed by atoms with Crippen LogP contribution in [0.1, 0.15) is 53.0 Å². The molecule has 3 rings (SSSR count). The molecule has 0 aromatic heterocycles. The molecule has 196 valence electrons. The Morgan fingerprint density at radius 1 is 1.17 bits per heavy atom. The van der Waals surface area contributed by atoms with Crippen LogP contribution in [0.25, 0.3) is 0 Å². The van der Waals surface area contributed by atoms with Gasteiger partial charge in [-0.3, -0.25) is 9.10 Å². The molecule has 0 unspecified atom stereocenters. The van der Waals surface area contributed by atoms with Crippen LogP contribution in [0, 0.1) is 5.82 Å². The number of halogens is 1. The number of hydrogen-bond acceptors (Lipinski definition) is 7. The number of carbonyl (C=O) groups excluding carboxylic acids is 2. The van der Waals surface area contributed by atoms with E-state index in [-0.39, 0.29) is 48.1 Å². The smallest absolute Gasteiger partial charge is 0.310 e. The van der Waals surface area contributed by atoms with E-state index < -0.39 is 33.5 Å². The van der Waals surface area contributed by atoms with Crippen LogP contribution in [-0.2, 0) is 30.8 Å². The number of rotatable bonds is 9. The molecule has 1 heterocycles. The fraction of sp³-hybridized carbons (Fsp3) is 0.462. The highest BCUT2D eigenvalue weighted by atomic mass is 32.2. The minimum Gasteiger partial charge on any atom is -0.491 e. The number of nitrogens with zero attached hydrogens (tertiary/aromatic N) is 1. The standard InChI is InChI=1S/C26H32FNO7S/c1-6-33-24-15-20(10-11-21(24)27)36(31,32)28-16-19(9-7-17(2)29)34-23-12-8-18(13-22(23)28)14-25(30)35-26(3,4)5/h8,10-13,15,19H,6-7,9,14,16H2,1-5H3/t19-/m0/s1. The molecular formula is C26H32FNO7S. The van der Waals surface area contributed by atoms with Gasteiger partial charge in [-0.05, 0) is 70.9 Å². The molecule has 1 aliphatic rings. The van der Waals surface area contributed by atoms with E-state index in [2.05, 4.69) is 0 Å². The van der Waals surface area contributed by atoms with Crippen LogP contribution in [0.5, 0.6) is 11.5 Å². The average molecular weight is 522 g/mol. The lowest BCUT2D eigenvalue weighted by atomic mass is 10.1. The molecule has 0 radical (unpaired) electrons. The summed E-state index contributed by atoms with van der Waals surface area (Å²) in [5, 5.41) is 0. The number of Topliss-reactive ketones (excluding diaryl/α,β-unsaturated/α-hetero) is 1. The first kappa shape index (κ1) is 27.4. The molecular weight excluding hydrogens is 489 g/mol. The Morgan fingerprint density at radius 2 is 1.89 bits per heavy atom. The number of esters is 1. The second-order valence-electron chi connectivity index (χ2n) is 9.61. The van der Waals surface area contributed by atoms with Crippen LogP contribution in [0.2, 0.25) is 0 Å². The predicted molar refractivity (Wildman–Crippen MR) is 132 cm³/mol. The van der Waals surface area contributed by atoms with Crippen molar-refractivity contribution in [3.8, 4) is 11.5 Å². The number of benzene rings is 2. The van der Waals surface area contributed by atoms with Crippen LogP contribution in [0.3, 0.4) is 0 Å². The summed E-state index contributed by atoms with van der Waals surface area (Å²) < 4.78 is 59.5. The maximum atomic E-state index is 14.1. The van der Waals surface area contributed by atoms with E-state index in [1.807, 2.05) is 0 Å². The normalized spacial score (nSPS) is 15.6. The van der Waals surface area contributed by atoms with Crippen LogP contribution < -0.4 is 13.8 Å². The van der Waals surface area contributed by atoms with Gasteiger partial charge >= 0.3 is 5.97 Å². The number of fused-ring (bicyclic) bond motifs is 1. The summed E-state index contributed by atoms with van der Waals surface area (Å²) >= 11 is 0. The van der Waals surface area contributed by atoms with Crippen molar-refractivity contribution in [1.29, 1.82) is 0 Å². The minimum atomic E-state index is -4.17. The molecule has 1 atom stereocenters. The van der Waals surface area contributed by atoms with E-state index >= 15 is 0 Å². The zero-order chi connectivity index (χ0) is 26.7. The Hall–Kier alpha value is -3.14. The summed E-state index contributed by atoms with van der Waals surface area (Å²) in [4.78, 5) is 23.7. The van der Waals surface area contributed by atoms with Gasteiger partial charge in [0.15, 0.2) is 11.6 Å². The quantitative estimate of drug-likeness (QED) is 0.450. The first-order valence-electron chi connectivity index (χ1n) is 11.8. The summed E-state index contributed by atoms with van der Waals surface area (Å²) in [7, 11) is -4.17. The fourth-order valence-electron chi connectivity index (χ4n) is 3.79. The molecule has 0 amide bonds. The zero-order valence-corrected chi connectivity index (χ0v) is 22.0. The third-order valence-electron chi connectivity index (χ3n) is 5.33. The lowest BCUT2D eigenvalue weighted by molar-refractivity contribution is -0.153. The molecule has 0 spiro atoms. The molecule has 8 nitrogen and oxygen atoms in total. The van der Waals surface area contributed by atoms with Crippen LogP contribution in [0.4, 0.5) is 10.1 Å². The first-order valence-corrected chi connectivity index (χ1v) is 13.2. The fourth-order valence-corrected chi connectivity index (χ4v) is 5.31. The topological polar surface area (TPSA) is 99.2 Å². The van der Waals surface area contributed by atoms with E-state index in [0.717, 1.165) is 12.1 Å². The van der Waals surface area contributed by atoms with E-state index in [4.69, 9.17) is 14.2 Å². The number of hydrogen-bond donors (Lipinski definition) is 0. The second-order valence-corrected chi connectivity index (χ2v) is 11.5. The number of ketones is 1. The molecule has 0 saturated heterocycles. The van der Waals surface area contributed by atoms with E-state index in [0.29, 0.717) is 17.7 Å². The molecule has 0 N–H and O–H groups in total. The highest BCUT2D eigenvalue weighted by molar-refractivity contribution is 7.92. The van der Waals surface area contributed by atoms with Gasteiger partial charge in [-0.1, -0.05) is 6.07 Å². The number of ether oxygens (including phenoxy) is 3. The molecule has 10 heteroatoms. The predicted octanol–water partition coefficient (Wildman–Crippen LogP) is 4.43. The van der Waals surface area contributed by atoms with Gasteiger partial charge < -0.3 is 19.0 Å². The van der Waals surface area contributed by atoms with Crippen molar-refractivity contribution < 1.29 is 36.6 Å². The molecule has 0 fully saturated rings. The highest BCUT2D eigenvalue weighted by Crippen LogP contribution is 2.39. The summed E-state index contributed by atoms with van der Waals surface area (Å²) in [5.74, 6) is -1.02. The summed E-state index contributed by atoms with van der Waals surface area (Å²) in [5.41, 5.74) is 0.134. The Balaban J connectivity index is 2.02. The number of sulfonamides is 1. The highest BCUT2D eigenvalue weighted by Gasteiger charge is 2.35. The van der Waals surface area contributed by atoms with E-state index in [9.17, 15) is 22.4 Å². The Labute approximate surface area is 211 Å². The van der Waals surface area contributed by atoms with Crippen molar-refractivity contribution in [2.45, 2.75) is 70.5 Å². The van der Waals surface area contributed by atoms with Gasteiger partial charge in [0.25, 0.3) is 10.0 Å². The summed E-state index contributed by atoms with van der Waals surface area (Å²) in [6.45, 7) is 8.54. The monoisotopic (exact) mass is 521 g/mol. The molecule has 2 aromatic rings. The molecule has 0 bridgehead atoms. The van der Waals surface area contributed by atoms with Gasteiger partial charge in [0.2, 0.25) is 0 Å². The minimum absolute atomic E-state index is 0.0357. The van der Waals surface area contributed by atoms with E-state index in [1.54, 1.807) is 45.9 Å². The zero-order valence-electron chi connectivity index (χ0n) is 21.2. The maximum Gasteiger partial charge on any atom is 0.310 e.